The molecule has 0 aliphatic carbocycles. The fourth-order valence-electron chi connectivity index (χ4n) is 4.16. The van der Waals surface area contributed by atoms with Gasteiger partial charge in [0.05, 0.1) is 18.8 Å². The highest BCUT2D eigenvalue weighted by Gasteiger charge is 2.18. The third-order valence-electron chi connectivity index (χ3n) is 5.97. The van der Waals surface area contributed by atoms with Gasteiger partial charge in [0, 0.05) is 45.8 Å². The zero-order valence-corrected chi connectivity index (χ0v) is 21.1. The highest BCUT2D eigenvalue weighted by molar-refractivity contribution is 7.13. The van der Waals surface area contributed by atoms with Crippen LogP contribution in [-0.2, 0) is 4.79 Å². The van der Waals surface area contributed by atoms with Crippen molar-refractivity contribution in [1.29, 1.82) is 0 Å². The molecule has 3 heterocycles. The minimum absolute atomic E-state index is 0.0283. The summed E-state index contributed by atoms with van der Waals surface area (Å²) in [7, 11) is 1.94. The number of hydrogen-bond acceptors (Lipinski definition) is 7. The number of allylic oxidation sites excluding steroid dienone is 3. The Kier molecular flexibility index (Phi) is 7.80. The van der Waals surface area contributed by atoms with Crippen LogP contribution < -0.4 is 20.9 Å². The molecule has 1 atom stereocenters. The van der Waals surface area contributed by atoms with Crippen LogP contribution in [0.2, 0.25) is 0 Å². The molecule has 1 fully saturated rings. The molecule has 1 aromatic carbocycles. The van der Waals surface area contributed by atoms with E-state index in [-0.39, 0.29) is 11.9 Å². The van der Waals surface area contributed by atoms with E-state index in [1.165, 1.54) is 15.3 Å². The lowest BCUT2D eigenvalue weighted by Crippen LogP contribution is -2.47. The maximum atomic E-state index is 11.9. The summed E-state index contributed by atoms with van der Waals surface area (Å²) < 4.78 is 0. The summed E-state index contributed by atoms with van der Waals surface area (Å²) in [6, 6.07) is 10.5. The Labute approximate surface area is 210 Å². The minimum Gasteiger partial charge on any atom is -0.361 e. The predicted molar refractivity (Wildman–Crippen MR) is 146 cm³/mol. The van der Waals surface area contributed by atoms with Crippen molar-refractivity contribution < 1.29 is 4.79 Å². The predicted octanol–water partition coefficient (Wildman–Crippen LogP) is 3.98. The molecular formula is C27H30N6OS. The largest absolute Gasteiger partial charge is 0.361 e. The zero-order valence-electron chi connectivity index (χ0n) is 20.3. The number of benzene rings is 1. The number of nitrogens with one attached hydrogen (secondary N) is 3. The van der Waals surface area contributed by atoms with E-state index in [4.69, 9.17) is 6.42 Å². The SMILES string of the molecule is C#C/C=C\C(=C(/C)CNC)c1ccc([C@@H](C)Nc2nncc3ccc(N4CCNC(=O)C4)cc23)s1. The molecule has 0 saturated carbocycles. The maximum absolute atomic E-state index is 11.9. The van der Waals surface area contributed by atoms with Gasteiger partial charge in [-0.1, -0.05) is 17.6 Å². The number of likely N-dealkylation sites (N-methyl/N-ethyl adjacent to an activating group) is 1. The van der Waals surface area contributed by atoms with E-state index in [1.807, 2.05) is 25.3 Å². The first-order valence-corrected chi connectivity index (χ1v) is 12.4. The molecule has 180 valence electrons. The van der Waals surface area contributed by atoms with Crippen LogP contribution in [0, 0.1) is 12.3 Å². The summed E-state index contributed by atoms with van der Waals surface area (Å²) in [5.41, 5.74) is 3.37. The molecular weight excluding hydrogens is 456 g/mol. The summed E-state index contributed by atoms with van der Waals surface area (Å²) in [5, 5.41) is 20.2. The maximum Gasteiger partial charge on any atom is 0.239 e. The Morgan fingerprint density at radius 3 is 3.00 bits per heavy atom. The second-order valence-corrected chi connectivity index (χ2v) is 9.64. The second-order valence-electron chi connectivity index (χ2n) is 8.53. The number of piperazine rings is 1. The monoisotopic (exact) mass is 486 g/mol. The van der Waals surface area contributed by atoms with Crippen LogP contribution in [0.5, 0.6) is 0 Å². The standard InChI is InChI=1S/C27H30N6OS/c1-5-6-7-22(18(2)15-28-4)25-11-10-24(35-25)19(3)31-27-23-14-21(9-8-20(23)16-30-32-27)33-13-12-29-26(34)17-33/h1,6-11,14,16,19,28H,12-13,15,17H2,2-4H3,(H,29,34)(H,31,32)/b7-6-,22-18-/t19-/m1/s1. The summed E-state index contributed by atoms with van der Waals surface area (Å²) in [5.74, 6) is 3.36. The fourth-order valence-corrected chi connectivity index (χ4v) is 5.27. The summed E-state index contributed by atoms with van der Waals surface area (Å²) in [6.07, 6.45) is 11.0. The Morgan fingerprint density at radius 1 is 1.37 bits per heavy atom. The van der Waals surface area contributed by atoms with Crippen molar-refractivity contribution in [3.8, 4) is 12.3 Å². The van der Waals surface area contributed by atoms with E-state index in [1.54, 1.807) is 23.6 Å². The van der Waals surface area contributed by atoms with Crippen molar-refractivity contribution in [2.24, 2.45) is 0 Å². The molecule has 1 amide bonds. The first-order chi connectivity index (χ1) is 17.0. The zero-order chi connectivity index (χ0) is 24.8. The Bertz CT molecular complexity index is 1320. The number of carbonyl (C=O) groups is 1. The summed E-state index contributed by atoms with van der Waals surface area (Å²) in [6.45, 7) is 6.81. The van der Waals surface area contributed by atoms with Crippen LogP contribution >= 0.6 is 11.3 Å². The lowest BCUT2D eigenvalue weighted by Gasteiger charge is -2.29. The molecule has 0 spiro atoms. The Morgan fingerprint density at radius 2 is 2.23 bits per heavy atom. The van der Waals surface area contributed by atoms with Crippen molar-refractivity contribution in [2.45, 2.75) is 19.9 Å². The highest BCUT2D eigenvalue weighted by atomic mass is 32.1. The molecule has 0 bridgehead atoms. The van der Waals surface area contributed by atoms with Gasteiger partial charge in [-0.15, -0.1) is 22.9 Å². The molecule has 35 heavy (non-hydrogen) atoms. The number of carbonyl (C=O) groups excluding carboxylic acids is 1. The van der Waals surface area contributed by atoms with Gasteiger partial charge in [-0.3, -0.25) is 4.79 Å². The highest BCUT2D eigenvalue weighted by Crippen LogP contribution is 2.34. The van der Waals surface area contributed by atoms with E-state index >= 15 is 0 Å². The first-order valence-electron chi connectivity index (χ1n) is 11.6. The molecule has 0 radical (unpaired) electrons. The Balaban J connectivity index is 1.60. The number of hydrogen-bond donors (Lipinski definition) is 3. The van der Waals surface area contributed by atoms with Gasteiger partial charge in [-0.2, -0.15) is 5.10 Å². The third-order valence-corrected chi connectivity index (χ3v) is 7.27. The molecule has 3 N–H and O–H groups in total. The molecule has 3 aromatic rings. The van der Waals surface area contributed by atoms with Gasteiger partial charge in [0.1, 0.15) is 0 Å². The number of nitrogens with zero attached hydrogens (tertiary/aromatic N) is 3. The molecule has 1 aliphatic heterocycles. The molecule has 0 unspecified atom stereocenters. The number of thiophene rings is 1. The van der Waals surface area contributed by atoms with Gasteiger partial charge in [-0.05, 0) is 62.9 Å². The van der Waals surface area contributed by atoms with E-state index in [0.29, 0.717) is 13.1 Å². The van der Waals surface area contributed by atoms with Crippen molar-refractivity contribution in [1.82, 2.24) is 20.8 Å². The fraction of sp³-hybridized carbons (Fsp3) is 0.296. The smallest absolute Gasteiger partial charge is 0.239 e. The number of anilines is 2. The van der Waals surface area contributed by atoms with Crippen molar-refractivity contribution in [2.75, 3.05) is 43.4 Å². The minimum atomic E-state index is 0.0283. The van der Waals surface area contributed by atoms with Crippen LogP contribution in [0.25, 0.3) is 16.3 Å². The van der Waals surface area contributed by atoms with Crippen LogP contribution in [0.3, 0.4) is 0 Å². The summed E-state index contributed by atoms with van der Waals surface area (Å²) >= 11 is 1.74. The van der Waals surface area contributed by atoms with E-state index in [0.717, 1.165) is 40.9 Å². The summed E-state index contributed by atoms with van der Waals surface area (Å²) in [4.78, 5) is 16.3. The second kappa shape index (κ2) is 11.2. The van der Waals surface area contributed by atoms with Gasteiger partial charge in [0.2, 0.25) is 5.91 Å². The first kappa shape index (κ1) is 24.5. The number of fused-ring (bicyclic) bond motifs is 1. The van der Waals surface area contributed by atoms with Gasteiger partial charge in [0.25, 0.3) is 0 Å². The van der Waals surface area contributed by atoms with Crippen LogP contribution in [0.1, 0.15) is 29.6 Å². The van der Waals surface area contributed by atoms with Crippen LogP contribution in [-0.4, -0.2) is 49.3 Å². The van der Waals surface area contributed by atoms with Crippen molar-refractivity contribution in [3.63, 3.8) is 0 Å². The molecule has 4 rings (SSSR count). The topological polar surface area (TPSA) is 82.2 Å². The quantitative estimate of drug-likeness (QED) is 0.330. The molecule has 8 heteroatoms. The molecule has 1 saturated heterocycles. The van der Waals surface area contributed by atoms with Crippen LogP contribution in [0.4, 0.5) is 11.5 Å². The number of amides is 1. The molecule has 7 nitrogen and oxygen atoms in total. The average molecular weight is 487 g/mol. The van der Waals surface area contributed by atoms with Gasteiger partial charge in [-0.25, -0.2) is 0 Å². The number of aromatic nitrogens is 2. The van der Waals surface area contributed by atoms with Gasteiger partial charge >= 0.3 is 0 Å². The van der Waals surface area contributed by atoms with E-state index in [9.17, 15) is 4.79 Å². The average Bonchev–Trinajstić information content (AvgIpc) is 3.34. The lowest BCUT2D eigenvalue weighted by molar-refractivity contribution is -0.120. The number of terminal acetylenes is 1. The van der Waals surface area contributed by atoms with Crippen LogP contribution in [0.15, 0.2) is 54.3 Å². The lowest BCUT2D eigenvalue weighted by atomic mass is 10.1. The van der Waals surface area contributed by atoms with E-state index in [2.05, 4.69) is 69.0 Å². The Hall–Kier alpha value is -3.67. The molecule has 2 aromatic heterocycles. The number of rotatable bonds is 8. The van der Waals surface area contributed by atoms with E-state index < -0.39 is 0 Å². The van der Waals surface area contributed by atoms with Crippen molar-refractivity contribution in [3.05, 3.63) is 64.0 Å². The van der Waals surface area contributed by atoms with Gasteiger partial charge < -0.3 is 20.9 Å². The van der Waals surface area contributed by atoms with Gasteiger partial charge in [0.15, 0.2) is 5.82 Å². The third kappa shape index (κ3) is 5.70. The molecule has 1 aliphatic rings. The van der Waals surface area contributed by atoms with Crippen molar-refractivity contribution >= 4 is 45.1 Å². The normalized spacial score (nSPS) is 15.6.